The van der Waals surface area contributed by atoms with E-state index in [-0.39, 0.29) is 37.5 Å². The minimum Gasteiger partial charge on any atom is -0.462 e. The van der Waals surface area contributed by atoms with Crippen LogP contribution >= 0.6 is 0 Å². The lowest BCUT2D eigenvalue weighted by Crippen LogP contribution is -2.30. The van der Waals surface area contributed by atoms with Gasteiger partial charge >= 0.3 is 17.9 Å². The SMILES string of the molecule is CCCCC/C=C\C/C=C\C/C=C\CCCCC(=O)O[C@H](COC(=O)CCCCCCC/C=C\CCCCCC)COC(=O)CCCCCCCCCCC/C=C\C/C=C\CCCCC. The summed E-state index contributed by atoms with van der Waals surface area (Å²) in [6.45, 7) is 6.53. The van der Waals surface area contributed by atoms with E-state index in [1.54, 1.807) is 0 Å². The number of esters is 3. The third-order valence-electron chi connectivity index (χ3n) is 11.7. The van der Waals surface area contributed by atoms with Crippen LogP contribution in [0.5, 0.6) is 0 Å². The predicted molar refractivity (Wildman–Crippen MR) is 279 cm³/mol. The van der Waals surface area contributed by atoms with Crippen LogP contribution in [0.4, 0.5) is 0 Å². The number of carbonyl (C=O) groups excluding carboxylic acids is 3. The molecule has 0 aromatic heterocycles. The monoisotopic (exact) mass is 907 g/mol. The van der Waals surface area contributed by atoms with Crippen molar-refractivity contribution in [3.05, 3.63) is 72.9 Å². The van der Waals surface area contributed by atoms with Gasteiger partial charge in [-0.1, -0.05) is 203 Å². The molecule has 0 radical (unpaired) electrons. The van der Waals surface area contributed by atoms with Crippen LogP contribution in [0.1, 0.15) is 265 Å². The molecule has 0 amide bonds. The maximum Gasteiger partial charge on any atom is 0.306 e. The Bertz CT molecular complexity index is 1230. The van der Waals surface area contributed by atoms with E-state index in [1.807, 2.05) is 0 Å². The standard InChI is InChI=1S/C59H102O6/c1-4-7-10-13-16-19-22-25-27-28-29-30-32-34-37-40-43-46-49-52-58(61)64-55-56(54-63-57(60)51-48-45-42-39-36-33-24-21-18-15-12-9-6-3)65-59(62)53-50-47-44-41-38-35-31-26-23-20-17-14-11-8-5-2/h16-17,19-21,24-27,31,38,41,56H,4-15,18,22-23,28-30,32-37,39-40,42-55H2,1-3H3/b19-16-,20-17-,24-21-,27-25-,31-26-,41-38-/t56-/m1/s1. The lowest BCUT2D eigenvalue weighted by Gasteiger charge is -2.18. The van der Waals surface area contributed by atoms with Gasteiger partial charge in [-0.05, 0) is 116 Å². The topological polar surface area (TPSA) is 78.9 Å². The normalized spacial score (nSPS) is 12.6. The molecule has 0 aromatic rings. The highest BCUT2D eigenvalue weighted by Gasteiger charge is 2.19. The van der Waals surface area contributed by atoms with Crippen LogP contribution in [-0.2, 0) is 28.6 Å². The van der Waals surface area contributed by atoms with Gasteiger partial charge in [0.05, 0.1) is 0 Å². The fraction of sp³-hybridized carbons (Fsp3) is 0.746. The van der Waals surface area contributed by atoms with Crippen LogP contribution in [0.2, 0.25) is 0 Å². The van der Waals surface area contributed by atoms with E-state index in [2.05, 4.69) is 93.7 Å². The minimum atomic E-state index is -0.800. The van der Waals surface area contributed by atoms with Gasteiger partial charge in [0, 0.05) is 19.3 Å². The molecule has 0 aliphatic rings. The Morgan fingerprint density at radius 1 is 0.308 bits per heavy atom. The molecule has 6 heteroatoms. The van der Waals surface area contributed by atoms with Crippen molar-refractivity contribution < 1.29 is 28.6 Å². The summed E-state index contributed by atoms with van der Waals surface area (Å²) in [6.07, 6.45) is 67.4. The van der Waals surface area contributed by atoms with Crippen molar-refractivity contribution in [3.8, 4) is 0 Å². The second-order valence-electron chi connectivity index (χ2n) is 18.1. The second-order valence-corrected chi connectivity index (χ2v) is 18.1. The molecular weight excluding hydrogens is 805 g/mol. The molecular formula is C59H102O6. The van der Waals surface area contributed by atoms with Crippen molar-refractivity contribution >= 4 is 17.9 Å². The van der Waals surface area contributed by atoms with E-state index >= 15 is 0 Å². The Hall–Kier alpha value is -3.15. The molecule has 65 heavy (non-hydrogen) atoms. The Balaban J connectivity index is 4.42. The lowest BCUT2D eigenvalue weighted by atomic mass is 10.1. The smallest absolute Gasteiger partial charge is 0.306 e. The number of unbranched alkanes of at least 4 members (excludes halogenated alkanes) is 26. The molecule has 0 unspecified atom stereocenters. The zero-order chi connectivity index (χ0) is 47.2. The quantitative estimate of drug-likeness (QED) is 0.0262. The zero-order valence-corrected chi connectivity index (χ0v) is 42.7. The summed E-state index contributed by atoms with van der Waals surface area (Å²) in [5, 5.41) is 0. The van der Waals surface area contributed by atoms with Crippen molar-refractivity contribution in [2.75, 3.05) is 13.2 Å². The molecule has 0 aliphatic carbocycles. The molecule has 0 spiro atoms. The molecule has 0 fully saturated rings. The Kier molecular flexibility index (Phi) is 50.9. The molecule has 374 valence electrons. The Labute approximate surface area is 402 Å². The van der Waals surface area contributed by atoms with Gasteiger partial charge < -0.3 is 14.2 Å². The molecule has 0 rings (SSSR count). The van der Waals surface area contributed by atoms with Gasteiger partial charge in [0.1, 0.15) is 13.2 Å². The fourth-order valence-electron chi connectivity index (χ4n) is 7.47. The van der Waals surface area contributed by atoms with Crippen LogP contribution in [0.3, 0.4) is 0 Å². The van der Waals surface area contributed by atoms with Crippen molar-refractivity contribution in [3.63, 3.8) is 0 Å². The molecule has 0 aliphatic heterocycles. The number of carbonyl (C=O) groups is 3. The third-order valence-corrected chi connectivity index (χ3v) is 11.7. The second kappa shape index (κ2) is 53.5. The molecule has 6 nitrogen and oxygen atoms in total. The average Bonchev–Trinajstić information content (AvgIpc) is 3.30. The van der Waals surface area contributed by atoms with Gasteiger partial charge in [-0.25, -0.2) is 0 Å². The van der Waals surface area contributed by atoms with Crippen LogP contribution in [0.25, 0.3) is 0 Å². The summed E-state index contributed by atoms with van der Waals surface area (Å²) in [7, 11) is 0. The highest BCUT2D eigenvalue weighted by molar-refractivity contribution is 5.71. The summed E-state index contributed by atoms with van der Waals surface area (Å²) < 4.78 is 16.8. The molecule has 1 atom stereocenters. The number of allylic oxidation sites excluding steroid dienone is 12. The first-order chi connectivity index (χ1) is 32.0. The summed E-state index contributed by atoms with van der Waals surface area (Å²) in [4.78, 5) is 38.0. The first kappa shape index (κ1) is 61.9. The van der Waals surface area contributed by atoms with Crippen LogP contribution in [0.15, 0.2) is 72.9 Å². The molecule has 0 N–H and O–H groups in total. The molecule has 0 heterocycles. The Morgan fingerprint density at radius 2 is 0.554 bits per heavy atom. The van der Waals surface area contributed by atoms with E-state index in [0.29, 0.717) is 19.3 Å². The first-order valence-electron chi connectivity index (χ1n) is 27.4. The third kappa shape index (κ3) is 51.7. The van der Waals surface area contributed by atoms with Crippen molar-refractivity contribution in [1.29, 1.82) is 0 Å². The minimum absolute atomic E-state index is 0.0953. The van der Waals surface area contributed by atoms with Crippen molar-refractivity contribution in [1.82, 2.24) is 0 Å². The van der Waals surface area contributed by atoms with Crippen LogP contribution < -0.4 is 0 Å². The first-order valence-corrected chi connectivity index (χ1v) is 27.4. The Morgan fingerprint density at radius 3 is 0.938 bits per heavy atom. The largest absolute Gasteiger partial charge is 0.462 e. The lowest BCUT2D eigenvalue weighted by molar-refractivity contribution is -0.167. The number of rotatable bonds is 49. The molecule has 0 bridgehead atoms. The predicted octanol–water partition coefficient (Wildman–Crippen LogP) is 18.2. The zero-order valence-electron chi connectivity index (χ0n) is 42.7. The molecule has 0 saturated heterocycles. The summed E-state index contributed by atoms with van der Waals surface area (Å²) >= 11 is 0. The molecule has 0 saturated carbocycles. The summed E-state index contributed by atoms with van der Waals surface area (Å²) in [5.74, 6) is -0.943. The number of hydrogen-bond acceptors (Lipinski definition) is 6. The van der Waals surface area contributed by atoms with Crippen molar-refractivity contribution in [2.24, 2.45) is 0 Å². The van der Waals surface area contributed by atoms with Gasteiger partial charge in [0.2, 0.25) is 0 Å². The maximum absolute atomic E-state index is 12.8. The van der Waals surface area contributed by atoms with Gasteiger partial charge in [-0.3, -0.25) is 14.4 Å². The number of hydrogen-bond donors (Lipinski definition) is 0. The van der Waals surface area contributed by atoms with Crippen LogP contribution in [0, 0.1) is 0 Å². The number of ether oxygens (including phenoxy) is 3. The van der Waals surface area contributed by atoms with E-state index in [4.69, 9.17) is 14.2 Å². The highest BCUT2D eigenvalue weighted by atomic mass is 16.6. The van der Waals surface area contributed by atoms with Gasteiger partial charge in [-0.2, -0.15) is 0 Å². The van der Waals surface area contributed by atoms with E-state index in [9.17, 15) is 14.4 Å². The van der Waals surface area contributed by atoms with Gasteiger partial charge in [-0.15, -0.1) is 0 Å². The van der Waals surface area contributed by atoms with E-state index in [1.165, 1.54) is 141 Å². The van der Waals surface area contributed by atoms with E-state index in [0.717, 1.165) is 77.0 Å². The summed E-state index contributed by atoms with van der Waals surface area (Å²) in [6, 6.07) is 0. The van der Waals surface area contributed by atoms with Crippen molar-refractivity contribution in [2.45, 2.75) is 271 Å². The van der Waals surface area contributed by atoms with E-state index < -0.39 is 6.10 Å². The van der Waals surface area contributed by atoms with Gasteiger partial charge in [0.15, 0.2) is 6.10 Å². The summed E-state index contributed by atoms with van der Waals surface area (Å²) in [5.41, 5.74) is 0. The van der Waals surface area contributed by atoms with Gasteiger partial charge in [0.25, 0.3) is 0 Å². The molecule has 0 aromatic carbocycles. The fourth-order valence-corrected chi connectivity index (χ4v) is 7.47. The average molecular weight is 907 g/mol. The maximum atomic E-state index is 12.8. The highest BCUT2D eigenvalue weighted by Crippen LogP contribution is 2.14. The van der Waals surface area contributed by atoms with Crippen LogP contribution in [-0.4, -0.2) is 37.2 Å².